The monoisotopic (exact) mass is 336 g/mol. The van der Waals surface area contributed by atoms with Crippen molar-refractivity contribution >= 4 is 0 Å². The van der Waals surface area contributed by atoms with Crippen LogP contribution in [0.1, 0.15) is 30.0 Å². The van der Waals surface area contributed by atoms with E-state index < -0.39 is 0 Å². The number of hydrogen-bond donors (Lipinski definition) is 0. The highest BCUT2D eigenvalue weighted by atomic mass is 19.1. The van der Waals surface area contributed by atoms with E-state index >= 15 is 0 Å². The molecule has 0 radical (unpaired) electrons. The molecule has 1 aliphatic heterocycles. The van der Waals surface area contributed by atoms with Gasteiger partial charge in [0.1, 0.15) is 5.82 Å². The molecule has 1 atom stereocenters. The molecule has 4 nitrogen and oxygen atoms in total. The summed E-state index contributed by atoms with van der Waals surface area (Å²) in [5.74, 6) is 0.313. The molecule has 1 fully saturated rings. The summed E-state index contributed by atoms with van der Waals surface area (Å²) in [6.07, 6.45) is 8.15. The molecular formula is C20H21FN4. The van der Waals surface area contributed by atoms with Crippen LogP contribution in [0.25, 0.3) is 5.69 Å². The Morgan fingerprint density at radius 2 is 2.00 bits per heavy atom. The molecule has 4 rings (SSSR count). The zero-order valence-corrected chi connectivity index (χ0v) is 14.1. The number of benzene rings is 1. The average Bonchev–Trinajstić information content (AvgIpc) is 3.12. The minimum Gasteiger partial charge on any atom is -0.297 e. The van der Waals surface area contributed by atoms with Crippen LogP contribution < -0.4 is 0 Å². The summed E-state index contributed by atoms with van der Waals surface area (Å²) >= 11 is 0. The van der Waals surface area contributed by atoms with Crippen LogP contribution in [-0.4, -0.2) is 32.8 Å². The highest BCUT2D eigenvalue weighted by molar-refractivity contribution is 5.31. The molecule has 1 aromatic carbocycles. The molecule has 0 spiro atoms. The summed E-state index contributed by atoms with van der Waals surface area (Å²) in [4.78, 5) is 6.71. The van der Waals surface area contributed by atoms with Gasteiger partial charge in [0.25, 0.3) is 0 Å². The molecule has 3 heterocycles. The molecule has 0 saturated carbocycles. The van der Waals surface area contributed by atoms with E-state index in [4.69, 9.17) is 0 Å². The number of aromatic nitrogens is 3. The number of likely N-dealkylation sites (tertiary alicyclic amines) is 1. The highest BCUT2D eigenvalue weighted by Gasteiger charge is 2.22. The molecule has 1 aliphatic rings. The van der Waals surface area contributed by atoms with Crippen molar-refractivity contribution in [1.82, 2.24) is 19.7 Å². The van der Waals surface area contributed by atoms with Crippen LogP contribution in [0.15, 0.2) is 61.1 Å². The van der Waals surface area contributed by atoms with E-state index in [1.54, 1.807) is 16.8 Å². The van der Waals surface area contributed by atoms with Crippen molar-refractivity contribution in [3.8, 4) is 5.69 Å². The maximum Gasteiger partial charge on any atom is 0.123 e. The van der Waals surface area contributed by atoms with Gasteiger partial charge < -0.3 is 0 Å². The maximum absolute atomic E-state index is 13.1. The van der Waals surface area contributed by atoms with Crippen LogP contribution in [0.4, 0.5) is 4.39 Å². The van der Waals surface area contributed by atoms with Gasteiger partial charge in [-0.3, -0.25) is 9.88 Å². The number of hydrogen-bond acceptors (Lipinski definition) is 3. The van der Waals surface area contributed by atoms with Crippen LogP contribution in [0.2, 0.25) is 0 Å². The molecule has 5 heteroatoms. The van der Waals surface area contributed by atoms with Crippen molar-refractivity contribution in [3.63, 3.8) is 0 Å². The quantitative estimate of drug-likeness (QED) is 0.727. The topological polar surface area (TPSA) is 34.0 Å². The number of rotatable bonds is 4. The third-order valence-corrected chi connectivity index (χ3v) is 4.78. The van der Waals surface area contributed by atoms with Gasteiger partial charge in [-0.2, -0.15) is 5.10 Å². The zero-order chi connectivity index (χ0) is 17.1. The van der Waals surface area contributed by atoms with E-state index in [0.29, 0.717) is 5.92 Å². The molecule has 0 aliphatic carbocycles. The van der Waals surface area contributed by atoms with Crippen molar-refractivity contribution in [2.45, 2.75) is 25.3 Å². The van der Waals surface area contributed by atoms with Crippen LogP contribution >= 0.6 is 0 Å². The molecule has 0 bridgehead atoms. The predicted molar refractivity (Wildman–Crippen MR) is 95.0 cm³/mol. The molecule has 1 unspecified atom stereocenters. The maximum atomic E-state index is 13.1. The second-order valence-electron chi connectivity index (χ2n) is 6.59. The molecule has 0 amide bonds. The van der Waals surface area contributed by atoms with Gasteiger partial charge >= 0.3 is 0 Å². The fraction of sp³-hybridized carbons (Fsp3) is 0.300. The molecule has 1 saturated heterocycles. The summed E-state index contributed by atoms with van der Waals surface area (Å²) in [6.45, 7) is 2.97. The first-order valence-corrected chi connectivity index (χ1v) is 8.71. The van der Waals surface area contributed by atoms with E-state index in [-0.39, 0.29) is 5.82 Å². The van der Waals surface area contributed by atoms with Crippen molar-refractivity contribution < 1.29 is 4.39 Å². The Kier molecular flexibility index (Phi) is 4.57. The lowest BCUT2D eigenvalue weighted by molar-refractivity contribution is 0.198. The van der Waals surface area contributed by atoms with Gasteiger partial charge in [0.2, 0.25) is 0 Å². The number of halogens is 1. The molecule has 25 heavy (non-hydrogen) atoms. The lowest BCUT2D eigenvalue weighted by Crippen LogP contribution is -2.34. The second kappa shape index (κ2) is 7.15. The van der Waals surface area contributed by atoms with E-state index in [0.717, 1.165) is 31.0 Å². The fourth-order valence-corrected chi connectivity index (χ4v) is 3.50. The third kappa shape index (κ3) is 3.77. The van der Waals surface area contributed by atoms with E-state index in [1.165, 1.54) is 30.5 Å². The Bertz CT molecular complexity index is 813. The standard InChI is InChI=1S/C20H21FN4/c21-18-5-7-20(8-6-18)25-12-9-19(23-25)15-24-11-2-4-17(14-24)16-3-1-10-22-13-16/h1,3,5-10,12-13,17H,2,4,11,14-15H2. The Hall–Kier alpha value is -2.53. The van der Waals surface area contributed by atoms with Crippen LogP contribution in [0.5, 0.6) is 0 Å². The van der Waals surface area contributed by atoms with Gasteiger partial charge in [-0.15, -0.1) is 0 Å². The van der Waals surface area contributed by atoms with Crippen molar-refractivity contribution in [1.29, 1.82) is 0 Å². The van der Waals surface area contributed by atoms with Gasteiger partial charge in [0, 0.05) is 31.7 Å². The van der Waals surface area contributed by atoms with E-state index in [9.17, 15) is 4.39 Å². The van der Waals surface area contributed by atoms with Gasteiger partial charge in [-0.05, 0) is 67.3 Å². The summed E-state index contributed by atoms with van der Waals surface area (Å²) in [5.41, 5.74) is 3.24. The first-order valence-electron chi connectivity index (χ1n) is 8.71. The lowest BCUT2D eigenvalue weighted by Gasteiger charge is -2.32. The number of nitrogens with zero attached hydrogens (tertiary/aromatic N) is 4. The number of piperidine rings is 1. The molecule has 128 valence electrons. The van der Waals surface area contributed by atoms with Crippen LogP contribution in [0.3, 0.4) is 0 Å². The van der Waals surface area contributed by atoms with E-state index in [2.05, 4.69) is 21.0 Å². The first kappa shape index (κ1) is 16.0. The Morgan fingerprint density at radius 3 is 2.80 bits per heavy atom. The Morgan fingerprint density at radius 1 is 1.12 bits per heavy atom. The minimum absolute atomic E-state index is 0.231. The summed E-state index contributed by atoms with van der Waals surface area (Å²) in [5, 5.41) is 4.64. The smallest absolute Gasteiger partial charge is 0.123 e. The van der Waals surface area contributed by atoms with Gasteiger partial charge in [-0.1, -0.05) is 6.07 Å². The first-order chi connectivity index (χ1) is 12.3. The van der Waals surface area contributed by atoms with Crippen molar-refractivity contribution in [2.24, 2.45) is 0 Å². The normalized spacial score (nSPS) is 18.4. The fourth-order valence-electron chi connectivity index (χ4n) is 3.50. The summed E-state index contributed by atoms with van der Waals surface area (Å²) < 4.78 is 14.9. The minimum atomic E-state index is -0.231. The van der Waals surface area contributed by atoms with Crippen molar-refractivity contribution in [3.05, 3.63) is 78.1 Å². The van der Waals surface area contributed by atoms with Crippen molar-refractivity contribution in [2.75, 3.05) is 13.1 Å². The molecule has 3 aromatic rings. The highest BCUT2D eigenvalue weighted by Crippen LogP contribution is 2.27. The largest absolute Gasteiger partial charge is 0.297 e. The summed E-state index contributed by atoms with van der Waals surface area (Å²) in [6, 6.07) is 12.6. The van der Waals surface area contributed by atoms with Gasteiger partial charge in [-0.25, -0.2) is 9.07 Å². The van der Waals surface area contributed by atoms with Crippen LogP contribution in [-0.2, 0) is 6.54 Å². The summed E-state index contributed by atoms with van der Waals surface area (Å²) in [7, 11) is 0. The molecule has 0 N–H and O–H groups in total. The van der Waals surface area contributed by atoms with Crippen LogP contribution in [0, 0.1) is 5.82 Å². The lowest BCUT2D eigenvalue weighted by atomic mass is 9.92. The third-order valence-electron chi connectivity index (χ3n) is 4.78. The number of pyridine rings is 1. The zero-order valence-electron chi connectivity index (χ0n) is 14.1. The molecule has 2 aromatic heterocycles. The van der Waals surface area contributed by atoms with E-state index in [1.807, 2.05) is 30.7 Å². The second-order valence-corrected chi connectivity index (χ2v) is 6.59. The Balaban J connectivity index is 1.43. The van der Waals surface area contributed by atoms with Gasteiger partial charge in [0.05, 0.1) is 11.4 Å². The SMILES string of the molecule is Fc1ccc(-n2ccc(CN3CCCC(c4cccnc4)C3)n2)cc1. The molecular weight excluding hydrogens is 315 g/mol. The van der Waals surface area contributed by atoms with Gasteiger partial charge in [0.15, 0.2) is 0 Å². The Labute approximate surface area is 146 Å². The average molecular weight is 336 g/mol. The predicted octanol–water partition coefficient (Wildman–Crippen LogP) is 3.79.